The fourth-order valence-electron chi connectivity index (χ4n) is 2.48. The maximum atomic E-state index is 13.3. The maximum Gasteiger partial charge on any atom is 0.389 e. The van der Waals surface area contributed by atoms with E-state index in [4.69, 9.17) is 0 Å². The number of carbonyl (C=O) groups is 1. The van der Waals surface area contributed by atoms with Crippen LogP contribution in [0.15, 0.2) is 42.6 Å². The minimum Gasteiger partial charge on any atom is -0.358 e. The van der Waals surface area contributed by atoms with Gasteiger partial charge in [0.15, 0.2) is 0 Å². The lowest BCUT2D eigenvalue weighted by Crippen LogP contribution is -2.21. The first-order valence-electron chi connectivity index (χ1n) is 8.47. The second-order valence-corrected chi connectivity index (χ2v) is 7.23. The highest BCUT2D eigenvalue weighted by Crippen LogP contribution is 2.26. The van der Waals surface area contributed by atoms with Crippen LogP contribution in [0.25, 0.3) is 5.69 Å². The monoisotopic (exact) mass is 386 g/mol. The summed E-state index contributed by atoms with van der Waals surface area (Å²) in [6, 6.07) is 8.69. The first-order valence-corrected chi connectivity index (χ1v) is 8.47. The molecule has 0 bridgehead atoms. The second-order valence-electron chi connectivity index (χ2n) is 7.23. The summed E-state index contributed by atoms with van der Waals surface area (Å²) in [7, 11) is 0. The van der Waals surface area contributed by atoms with E-state index in [2.05, 4.69) is 15.5 Å². The molecule has 2 heterocycles. The van der Waals surface area contributed by atoms with Gasteiger partial charge in [0.25, 0.3) is 0 Å². The first-order chi connectivity index (χ1) is 13.1. The summed E-state index contributed by atoms with van der Waals surface area (Å²) >= 11 is 0. The van der Waals surface area contributed by atoms with Gasteiger partial charge in [0.2, 0.25) is 5.91 Å². The molecule has 3 rings (SSSR count). The van der Waals surface area contributed by atoms with Crippen LogP contribution in [0.2, 0.25) is 0 Å². The fraction of sp³-hybridized carbons (Fsp3) is 0.278. The van der Waals surface area contributed by atoms with Gasteiger partial charge in [-0.25, -0.2) is 9.07 Å². The number of anilines is 1. The van der Waals surface area contributed by atoms with Crippen LogP contribution >= 0.6 is 0 Å². The quantitative estimate of drug-likeness (QED) is 0.536. The van der Waals surface area contributed by atoms with Gasteiger partial charge >= 0.3 is 5.82 Å². The van der Waals surface area contributed by atoms with Gasteiger partial charge in [0.05, 0.1) is 28.7 Å². The summed E-state index contributed by atoms with van der Waals surface area (Å²) in [5.41, 5.74) is 1.05. The van der Waals surface area contributed by atoms with Crippen LogP contribution in [0.3, 0.4) is 0 Å². The standard InChI is InChI=1S/C18H19FN6O3/c1-18(2,3)14-10-16(24(21-14)13-6-4-12(19)5-7-13)20-17(26)11-23-9-8-15(22-23)25(27)28/h4-10H,11H2,1-3H3,(H,20,26). The zero-order valence-electron chi connectivity index (χ0n) is 15.6. The Bertz CT molecular complexity index is 1020. The molecule has 2 aromatic heterocycles. The van der Waals surface area contributed by atoms with Crippen molar-refractivity contribution in [1.29, 1.82) is 0 Å². The molecule has 10 heteroatoms. The molecule has 0 saturated carbocycles. The van der Waals surface area contributed by atoms with Crippen molar-refractivity contribution in [3.05, 3.63) is 64.2 Å². The average molecular weight is 386 g/mol. The number of nitrogens with zero attached hydrogens (tertiary/aromatic N) is 5. The van der Waals surface area contributed by atoms with Crippen LogP contribution in [0.5, 0.6) is 0 Å². The van der Waals surface area contributed by atoms with Crippen LogP contribution < -0.4 is 5.32 Å². The molecule has 0 radical (unpaired) electrons. The van der Waals surface area contributed by atoms with Gasteiger partial charge in [0, 0.05) is 11.5 Å². The normalized spacial score (nSPS) is 11.4. The average Bonchev–Trinajstić information content (AvgIpc) is 3.22. The summed E-state index contributed by atoms with van der Waals surface area (Å²) in [6.07, 6.45) is 1.36. The zero-order chi connectivity index (χ0) is 20.5. The molecule has 0 atom stereocenters. The topological polar surface area (TPSA) is 108 Å². The third-order valence-electron chi connectivity index (χ3n) is 3.94. The molecule has 0 aliphatic rings. The molecule has 3 aromatic rings. The van der Waals surface area contributed by atoms with E-state index in [1.807, 2.05) is 20.8 Å². The van der Waals surface area contributed by atoms with Crippen LogP contribution in [0.1, 0.15) is 26.5 Å². The van der Waals surface area contributed by atoms with Crippen molar-refractivity contribution in [3.63, 3.8) is 0 Å². The van der Waals surface area contributed by atoms with E-state index in [0.29, 0.717) is 11.5 Å². The number of nitrogens with one attached hydrogen (secondary N) is 1. The number of hydrogen-bond acceptors (Lipinski definition) is 5. The van der Waals surface area contributed by atoms with Crippen molar-refractivity contribution >= 4 is 17.5 Å². The highest BCUT2D eigenvalue weighted by molar-refractivity contribution is 5.90. The predicted molar refractivity (Wildman–Crippen MR) is 99.7 cm³/mol. The Hall–Kier alpha value is -3.56. The molecular formula is C18H19FN6O3. The number of rotatable bonds is 5. The Kier molecular flexibility index (Phi) is 4.95. The second kappa shape index (κ2) is 7.22. The first kappa shape index (κ1) is 19.2. The number of carbonyl (C=O) groups excluding carboxylic acids is 1. The van der Waals surface area contributed by atoms with E-state index in [-0.39, 0.29) is 23.6 Å². The minimum atomic E-state index is -0.631. The number of benzene rings is 1. The minimum absolute atomic E-state index is 0.201. The van der Waals surface area contributed by atoms with Gasteiger partial charge in [-0.15, -0.1) is 0 Å². The maximum absolute atomic E-state index is 13.3. The van der Waals surface area contributed by atoms with Gasteiger partial charge in [-0.05, 0) is 29.2 Å². The summed E-state index contributed by atoms with van der Waals surface area (Å²) < 4.78 is 15.9. The smallest absolute Gasteiger partial charge is 0.358 e. The molecule has 0 spiro atoms. The van der Waals surface area contributed by atoms with Gasteiger partial charge in [-0.3, -0.25) is 4.79 Å². The lowest BCUT2D eigenvalue weighted by Gasteiger charge is -2.14. The largest absolute Gasteiger partial charge is 0.389 e. The molecule has 1 N–H and O–H groups in total. The molecule has 146 valence electrons. The number of hydrogen-bond donors (Lipinski definition) is 1. The van der Waals surface area contributed by atoms with E-state index in [1.165, 1.54) is 33.8 Å². The molecule has 0 saturated heterocycles. The van der Waals surface area contributed by atoms with E-state index >= 15 is 0 Å². The number of aromatic nitrogens is 4. The zero-order valence-corrected chi connectivity index (χ0v) is 15.6. The van der Waals surface area contributed by atoms with Gasteiger partial charge in [0.1, 0.15) is 18.2 Å². The Labute approximate surface area is 159 Å². The van der Waals surface area contributed by atoms with E-state index in [0.717, 1.165) is 5.69 Å². The number of halogens is 1. The van der Waals surface area contributed by atoms with Crippen molar-refractivity contribution in [1.82, 2.24) is 19.6 Å². The molecule has 0 aliphatic carbocycles. The number of amides is 1. The Morgan fingerprint density at radius 2 is 1.89 bits per heavy atom. The van der Waals surface area contributed by atoms with Gasteiger partial charge < -0.3 is 15.4 Å². The summed E-state index contributed by atoms with van der Waals surface area (Å²) in [5, 5.41) is 21.7. The van der Waals surface area contributed by atoms with Crippen molar-refractivity contribution in [2.24, 2.45) is 0 Å². The van der Waals surface area contributed by atoms with Gasteiger partial charge in [-0.2, -0.15) is 9.78 Å². The summed E-state index contributed by atoms with van der Waals surface area (Å²) in [6.45, 7) is 5.75. The summed E-state index contributed by atoms with van der Waals surface area (Å²) in [5.74, 6) is -0.734. The molecule has 0 unspecified atom stereocenters. The molecule has 9 nitrogen and oxygen atoms in total. The molecule has 28 heavy (non-hydrogen) atoms. The predicted octanol–water partition coefficient (Wildman–Crippen LogP) is 3.05. The van der Waals surface area contributed by atoms with Crippen LogP contribution in [-0.4, -0.2) is 30.4 Å². The fourth-order valence-corrected chi connectivity index (χ4v) is 2.48. The van der Waals surface area contributed by atoms with Crippen molar-refractivity contribution in [2.75, 3.05) is 5.32 Å². The van der Waals surface area contributed by atoms with Crippen LogP contribution in [0, 0.1) is 15.9 Å². The van der Waals surface area contributed by atoms with Crippen molar-refractivity contribution < 1.29 is 14.1 Å². The van der Waals surface area contributed by atoms with Crippen LogP contribution in [-0.2, 0) is 16.8 Å². The van der Waals surface area contributed by atoms with E-state index in [9.17, 15) is 19.3 Å². The lowest BCUT2D eigenvalue weighted by atomic mass is 9.92. The third kappa shape index (κ3) is 4.22. The molecule has 1 aromatic carbocycles. The van der Waals surface area contributed by atoms with Gasteiger partial charge in [-0.1, -0.05) is 20.8 Å². The SMILES string of the molecule is CC(C)(C)c1cc(NC(=O)Cn2ccc([N+](=O)[O-])n2)n(-c2ccc(F)cc2)n1. The lowest BCUT2D eigenvalue weighted by molar-refractivity contribution is -0.389. The van der Waals surface area contributed by atoms with E-state index in [1.54, 1.807) is 18.2 Å². The third-order valence-corrected chi connectivity index (χ3v) is 3.94. The van der Waals surface area contributed by atoms with Crippen molar-refractivity contribution in [2.45, 2.75) is 32.7 Å². The van der Waals surface area contributed by atoms with Crippen molar-refractivity contribution in [3.8, 4) is 5.69 Å². The highest BCUT2D eigenvalue weighted by atomic mass is 19.1. The number of nitro groups is 1. The molecule has 0 aliphatic heterocycles. The molecule has 1 amide bonds. The summed E-state index contributed by atoms with van der Waals surface area (Å²) in [4.78, 5) is 22.5. The Morgan fingerprint density at radius 3 is 2.46 bits per heavy atom. The molecular weight excluding hydrogens is 367 g/mol. The Morgan fingerprint density at radius 1 is 1.21 bits per heavy atom. The Balaban J connectivity index is 1.86. The molecule has 0 fully saturated rings. The highest BCUT2D eigenvalue weighted by Gasteiger charge is 2.22. The van der Waals surface area contributed by atoms with E-state index < -0.39 is 10.8 Å². The van der Waals surface area contributed by atoms with Crippen LogP contribution in [0.4, 0.5) is 16.0 Å².